The Balaban J connectivity index is 1.42. The molecule has 6 nitrogen and oxygen atoms in total. The molecule has 4 aromatic rings. The van der Waals surface area contributed by atoms with Gasteiger partial charge in [-0.2, -0.15) is 0 Å². The molecule has 148 valence electrons. The zero-order valence-corrected chi connectivity index (χ0v) is 17.8. The van der Waals surface area contributed by atoms with Gasteiger partial charge >= 0.3 is 0 Å². The molecule has 5 rings (SSSR count). The summed E-state index contributed by atoms with van der Waals surface area (Å²) in [4.78, 5) is 16.2. The zero-order chi connectivity index (χ0) is 20.0. The maximum atomic E-state index is 12.8. The maximum absolute atomic E-state index is 12.8. The lowest BCUT2D eigenvalue weighted by Gasteiger charge is -2.26. The van der Waals surface area contributed by atoms with E-state index in [-0.39, 0.29) is 5.91 Å². The SMILES string of the molecule is COc1ccc2c(C)cc3nnc(SCC(=O)N4CCc5sccc5C4)n3c2c1. The number of aromatic nitrogens is 3. The number of thioether (sulfide) groups is 1. The first-order chi connectivity index (χ1) is 14.1. The Hall–Kier alpha value is -2.58. The molecule has 1 aromatic carbocycles. The number of benzene rings is 1. The van der Waals surface area contributed by atoms with Gasteiger partial charge in [-0.1, -0.05) is 11.8 Å². The third kappa shape index (κ3) is 3.26. The number of rotatable bonds is 4. The topological polar surface area (TPSA) is 59.7 Å². The summed E-state index contributed by atoms with van der Waals surface area (Å²) >= 11 is 3.22. The van der Waals surface area contributed by atoms with E-state index in [1.807, 2.05) is 27.5 Å². The van der Waals surface area contributed by atoms with E-state index in [0.29, 0.717) is 12.3 Å². The summed E-state index contributed by atoms with van der Waals surface area (Å²) in [7, 11) is 1.66. The molecule has 0 unspecified atom stereocenters. The maximum Gasteiger partial charge on any atom is 0.233 e. The molecular weight excluding hydrogens is 404 g/mol. The van der Waals surface area contributed by atoms with Crippen LogP contribution in [0.25, 0.3) is 16.6 Å². The second-order valence-electron chi connectivity index (χ2n) is 7.11. The van der Waals surface area contributed by atoms with E-state index in [4.69, 9.17) is 4.74 Å². The Bertz CT molecular complexity index is 1230. The largest absolute Gasteiger partial charge is 0.497 e. The molecule has 0 aliphatic carbocycles. The van der Waals surface area contributed by atoms with Gasteiger partial charge < -0.3 is 9.64 Å². The minimum Gasteiger partial charge on any atom is -0.497 e. The van der Waals surface area contributed by atoms with Crippen LogP contribution in [0.2, 0.25) is 0 Å². The zero-order valence-electron chi connectivity index (χ0n) is 16.2. The van der Waals surface area contributed by atoms with E-state index >= 15 is 0 Å². The van der Waals surface area contributed by atoms with Gasteiger partial charge in [0.2, 0.25) is 5.91 Å². The Kier molecular flexibility index (Phi) is 4.67. The van der Waals surface area contributed by atoms with Gasteiger partial charge in [-0.25, -0.2) is 0 Å². The summed E-state index contributed by atoms with van der Waals surface area (Å²) in [6.45, 7) is 3.56. The predicted molar refractivity (Wildman–Crippen MR) is 116 cm³/mol. The van der Waals surface area contributed by atoms with Gasteiger partial charge in [0.25, 0.3) is 0 Å². The van der Waals surface area contributed by atoms with Crippen molar-refractivity contribution in [3.8, 4) is 5.75 Å². The van der Waals surface area contributed by atoms with E-state index in [1.54, 1.807) is 18.4 Å². The molecule has 0 radical (unpaired) electrons. The standard InChI is InChI=1S/C21H20N4O2S2/c1-13-9-19-22-23-21(25(19)17-10-15(27-2)3-4-16(13)17)29-12-20(26)24-7-5-18-14(11-24)6-8-28-18/h3-4,6,8-10H,5,7,11-12H2,1-2H3. The lowest BCUT2D eigenvalue weighted by atomic mass is 10.1. The fraction of sp³-hybridized carbons (Fsp3) is 0.286. The number of carbonyl (C=O) groups is 1. The first-order valence-electron chi connectivity index (χ1n) is 9.42. The van der Waals surface area contributed by atoms with Crippen molar-refractivity contribution in [1.29, 1.82) is 0 Å². The van der Waals surface area contributed by atoms with E-state index in [9.17, 15) is 4.79 Å². The van der Waals surface area contributed by atoms with Gasteiger partial charge in [-0.3, -0.25) is 9.20 Å². The van der Waals surface area contributed by atoms with Crippen molar-refractivity contribution in [3.63, 3.8) is 0 Å². The molecule has 0 saturated heterocycles. The van der Waals surface area contributed by atoms with E-state index < -0.39 is 0 Å². The summed E-state index contributed by atoms with van der Waals surface area (Å²) in [5.41, 5.74) is 4.18. The highest BCUT2D eigenvalue weighted by Crippen LogP contribution is 2.29. The van der Waals surface area contributed by atoms with E-state index in [1.165, 1.54) is 22.2 Å². The summed E-state index contributed by atoms with van der Waals surface area (Å²) in [5, 5.41) is 12.6. The normalized spacial score (nSPS) is 13.8. The number of methoxy groups -OCH3 is 1. The molecule has 0 saturated carbocycles. The number of fused-ring (bicyclic) bond motifs is 4. The highest BCUT2D eigenvalue weighted by molar-refractivity contribution is 7.99. The second-order valence-corrected chi connectivity index (χ2v) is 9.05. The second kappa shape index (κ2) is 7.35. The molecular formula is C21H20N4O2S2. The number of thiophene rings is 1. The van der Waals surface area contributed by atoms with Crippen LogP contribution in [0, 0.1) is 6.92 Å². The molecule has 0 N–H and O–H groups in total. The predicted octanol–water partition coefficient (Wildman–Crippen LogP) is 3.94. The highest BCUT2D eigenvalue weighted by Gasteiger charge is 2.22. The summed E-state index contributed by atoms with van der Waals surface area (Å²) in [5.74, 6) is 1.27. The number of hydrogen-bond acceptors (Lipinski definition) is 6. The van der Waals surface area contributed by atoms with Gasteiger partial charge in [-0.05, 0) is 54.1 Å². The quantitative estimate of drug-likeness (QED) is 0.465. The molecule has 0 bridgehead atoms. The lowest BCUT2D eigenvalue weighted by Crippen LogP contribution is -2.36. The van der Waals surface area contributed by atoms with Crippen LogP contribution in [0.5, 0.6) is 5.75 Å². The molecule has 3 aromatic heterocycles. The van der Waals surface area contributed by atoms with Crippen LogP contribution in [0.3, 0.4) is 0 Å². The fourth-order valence-electron chi connectivity index (χ4n) is 3.80. The molecule has 1 aliphatic heterocycles. The summed E-state index contributed by atoms with van der Waals surface area (Å²) in [6, 6.07) is 10.1. The molecule has 29 heavy (non-hydrogen) atoms. The number of ether oxygens (including phenoxy) is 1. The Labute approximate surface area is 176 Å². The van der Waals surface area contributed by atoms with Crippen LogP contribution < -0.4 is 4.74 Å². The molecule has 0 spiro atoms. The van der Waals surface area contributed by atoms with Gasteiger partial charge in [0.15, 0.2) is 10.8 Å². The highest BCUT2D eigenvalue weighted by atomic mass is 32.2. The molecule has 4 heterocycles. The summed E-state index contributed by atoms with van der Waals surface area (Å²) < 4.78 is 7.42. The van der Waals surface area contributed by atoms with Gasteiger partial charge in [0.1, 0.15) is 5.75 Å². The Morgan fingerprint density at radius 2 is 2.17 bits per heavy atom. The minimum atomic E-state index is 0.137. The van der Waals surface area contributed by atoms with Crippen LogP contribution in [0.15, 0.2) is 40.9 Å². The monoisotopic (exact) mass is 424 g/mol. The first kappa shape index (κ1) is 18.4. The summed E-state index contributed by atoms with van der Waals surface area (Å²) in [6.07, 6.45) is 0.945. The number of pyridine rings is 1. The van der Waals surface area contributed by atoms with Crippen molar-refractivity contribution in [2.45, 2.75) is 25.0 Å². The van der Waals surface area contributed by atoms with Crippen LogP contribution in [-0.4, -0.2) is 44.8 Å². The van der Waals surface area contributed by atoms with Crippen molar-refractivity contribution >= 4 is 45.6 Å². The number of aryl methyl sites for hydroxylation is 1. The van der Waals surface area contributed by atoms with Crippen LogP contribution in [-0.2, 0) is 17.8 Å². The Morgan fingerprint density at radius 3 is 3.03 bits per heavy atom. The number of hydrogen-bond donors (Lipinski definition) is 0. The molecule has 0 atom stereocenters. The van der Waals surface area contributed by atoms with Crippen LogP contribution >= 0.6 is 23.1 Å². The number of nitrogens with zero attached hydrogens (tertiary/aromatic N) is 4. The van der Waals surface area contributed by atoms with Crippen molar-refractivity contribution in [3.05, 3.63) is 51.7 Å². The van der Waals surface area contributed by atoms with Crippen molar-refractivity contribution < 1.29 is 9.53 Å². The molecule has 0 fully saturated rings. The van der Waals surface area contributed by atoms with Crippen molar-refractivity contribution in [1.82, 2.24) is 19.5 Å². The first-order valence-corrected chi connectivity index (χ1v) is 11.3. The third-order valence-electron chi connectivity index (χ3n) is 5.36. The lowest BCUT2D eigenvalue weighted by molar-refractivity contribution is -0.129. The van der Waals surface area contributed by atoms with Gasteiger partial charge in [-0.15, -0.1) is 21.5 Å². The van der Waals surface area contributed by atoms with Crippen molar-refractivity contribution in [2.75, 3.05) is 19.4 Å². The fourth-order valence-corrected chi connectivity index (χ4v) is 5.55. The van der Waals surface area contributed by atoms with Gasteiger partial charge in [0, 0.05) is 29.4 Å². The number of amides is 1. The average Bonchev–Trinajstić information content (AvgIpc) is 3.37. The average molecular weight is 425 g/mol. The minimum absolute atomic E-state index is 0.137. The third-order valence-corrected chi connectivity index (χ3v) is 7.30. The van der Waals surface area contributed by atoms with E-state index in [2.05, 4.69) is 34.6 Å². The smallest absolute Gasteiger partial charge is 0.233 e. The molecule has 8 heteroatoms. The number of carbonyl (C=O) groups excluding carboxylic acids is 1. The van der Waals surface area contributed by atoms with Crippen LogP contribution in [0.4, 0.5) is 0 Å². The van der Waals surface area contributed by atoms with Crippen molar-refractivity contribution in [2.24, 2.45) is 0 Å². The Morgan fingerprint density at radius 1 is 1.28 bits per heavy atom. The van der Waals surface area contributed by atoms with Gasteiger partial charge in [0.05, 0.1) is 18.4 Å². The molecule has 1 amide bonds. The molecule has 1 aliphatic rings. The van der Waals surface area contributed by atoms with E-state index in [0.717, 1.165) is 46.0 Å². The van der Waals surface area contributed by atoms with Crippen LogP contribution in [0.1, 0.15) is 16.0 Å².